The fourth-order valence-electron chi connectivity index (χ4n) is 4.60. The van der Waals surface area contributed by atoms with Crippen molar-refractivity contribution in [3.63, 3.8) is 0 Å². The van der Waals surface area contributed by atoms with Gasteiger partial charge >= 0.3 is 0 Å². The standard InChI is InChI=1S/C27H27N7O3/c1-5-24(35)33-9-8-19(16-33)34-26-22(18-13-30-32(2)15-18)14-29-27(28)25(26)23(31-34)7-6-17-10-20(36-3)12-21(11-17)37-4/h5,10-15,19H,1,8-9,16H2,2-4H3,(H2,28,29)/t19-/m0/s1. The van der Waals surface area contributed by atoms with Gasteiger partial charge in [0.15, 0.2) is 0 Å². The lowest BCUT2D eigenvalue weighted by Gasteiger charge is -2.16. The van der Waals surface area contributed by atoms with E-state index in [1.54, 1.807) is 42.3 Å². The molecule has 5 rings (SSSR count). The number of pyridine rings is 1. The van der Waals surface area contributed by atoms with E-state index in [1.165, 1.54) is 6.08 Å². The molecule has 1 amide bonds. The summed E-state index contributed by atoms with van der Waals surface area (Å²) in [6, 6.07) is 5.38. The second kappa shape index (κ2) is 9.70. The molecule has 10 heteroatoms. The molecule has 0 spiro atoms. The topological polar surface area (TPSA) is 113 Å². The third kappa shape index (κ3) is 4.47. The summed E-state index contributed by atoms with van der Waals surface area (Å²) in [5.74, 6) is 7.87. The van der Waals surface area contributed by atoms with Gasteiger partial charge in [-0.2, -0.15) is 10.2 Å². The third-order valence-electron chi connectivity index (χ3n) is 6.44. The highest BCUT2D eigenvalue weighted by atomic mass is 16.5. The van der Waals surface area contributed by atoms with Gasteiger partial charge in [0.1, 0.15) is 23.0 Å². The minimum atomic E-state index is -0.0976. The number of likely N-dealkylation sites (tertiary alicyclic amines) is 1. The van der Waals surface area contributed by atoms with Gasteiger partial charge in [-0.1, -0.05) is 12.5 Å². The minimum Gasteiger partial charge on any atom is -0.497 e. The predicted octanol–water partition coefficient (Wildman–Crippen LogP) is 2.79. The largest absolute Gasteiger partial charge is 0.497 e. The molecular formula is C27H27N7O3. The first-order valence-corrected chi connectivity index (χ1v) is 11.7. The number of aryl methyl sites for hydroxylation is 1. The SMILES string of the molecule is C=CC(=O)N1CC[C@H](n2nc(C#Cc3cc(OC)cc(OC)c3)c3c(N)ncc(-c4cnn(C)c4)c32)C1. The Morgan fingerprint density at radius 1 is 1.19 bits per heavy atom. The summed E-state index contributed by atoms with van der Waals surface area (Å²) in [4.78, 5) is 18.5. The maximum absolute atomic E-state index is 12.3. The number of nitrogens with zero attached hydrogens (tertiary/aromatic N) is 6. The molecule has 1 fully saturated rings. The first-order valence-electron chi connectivity index (χ1n) is 11.7. The molecule has 1 atom stereocenters. The van der Waals surface area contributed by atoms with Crippen LogP contribution in [0.2, 0.25) is 0 Å². The average molecular weight is 498 g/mol. The molecule has 0 bridgehead atoms. The van der Waals surface area contributed by atoms with Crippen molar-refractivity contribution in [1.29, 1.82) is 0 Å². The number of ether oxygens (including phenoxy) is 2. The molecule has 1 aromatic carbocycles. The zero-order valence-electron chi connectivity index (χ0n) is 20.9. The average Bonchev–Trinajstić information content (AvgIpc) is 3.66. The van der Waals surface area contributed by atoms with Gasteiger partial charge in [0.2, 0.25) is 5.91 Å². The van der Waals surface area contributed by atoms with Gasteiger partial charge < -0.3 is 20.1 Å². The summed E-state index contributed by atoms with van der Waals surface area (Å²) in [6.45, 7) is 4.74. The van der Waals surface area contributed by atoms with Gasteiger partial charge in [0, 0.05) is 55.3 Å². The lowest BCUT2D eigenvalue weighted by atomic mass is 10.1. The van der Waals surface area contributed by atoms with Crippen molar-refractivity contribution >= 4 is 22.6 Å². The fraction of sp³-hybridized carbons (Fsp3) is 0.259. The van der Waals surface area contributed by atoms with E-state index in [4.69, 9.17) is 20.3 Å². The maximum atomic E-state index is 12.3. The summed E-state index contributed by atoms with van der Waals surface area (Å²) in [7, 11) is 5.04. The Labute approximate surface area is 214 Å². The van der Waals surface area contributed by atoms with Crippen molar-refractivity contribution in [1.82, 2.24) is 29.4 Å². The second-order valence-electron chi connectivity index (χ2n) is 8.76. The van der Waals surface area contributed by atoms with Gasteiger partial charge in [-0.15, -0.1) is 0 Å². The van der Waals surface area contributed by atoms with E-state index >= 15 is 0 Å². The minimum absolute atomic E-state index is 0.0592. The quantitative estimate of drug-likeness (QED) is 0.333. The van der Waals surface area contributed by atoms with Gasteiger partial charge in [-0.25, -0.2) is 4.98 Å². The van der Waals surface area contributed by atoms with Crippen LogP contribution in [0, 0.1) is 11.8 Å². The Hall–Kier alpha value is -4.78. The second-order valence-corrected chi connectivity index (χ2v) is 8.76. The van der Waals surface area contributed by atoms with Crippen LogP contribution in [0.15, 0.2) is 49.4 Å². The van der Waals surface area contributed by atoms with E-state index in [0.717, 1.165) is 23.1 Å². The van der Waals surface area contributed by atoms with E-state index < -0.39 is 0 Å². The number of anilines is 1. The van der Waals surface area contributed by atoms with Crippen LogP contribution in [0.1, 0.15) is 23.7 Å². The van der Waals surface area contributed by atoms with E-state index in [0.29, 0.717) is 47.1 Å². The van der Waals surface area contributed by atoms with Gasteiger partial charge in [0.05, 0.1) is 37.4 Å². The Morgan fingerprint density at radius 3 is 2.59 bits per heavy atom. The normalized spacial score (nSPS) is 14.9. The first kappa shape index (κ1) is 23.9. The number of methoxy groups -OCH3 is 2. The van der Waals surface area contributed by atoms with Crippen LogP contribution in [-0.4, -0.2) is 62.7 Å². The first-order chi connectivity index (χ1) is 17.9. The smallest absolute Gasteiger partial charge is 0.246 e. The van der Waals surface area contributed by atoms with Crippen LogP contribution < -0.4 is 15.2 Å². The molecule has 2 N–H and O–H groups in total. The van der Waals surface area contributed by atoms with Crippen LogP contribution in [-0.2, 0) is 11.8 Å². The van der Waals surface area contributed by atoms with Crippen molar-refractivity contribution in [3.05, 3.63) is 60.7 Å². The molecule has 4 heterocycles. The summed E-state index contributed by atoms with van der Waals surface area (Å²) in [5.41, 5.74) is 10.2. The summed E-state index contributed by atoms with van der Waals surface area (Å²) in [6.07, 6.45) is 7.51. The van der Waals surface area contributed by atoms with E-state index in [-0.39, 0.29) is 11.9 Å². The van der Waals surface area contributed by atoms with Crippen molar-refractivity contribution in [3.8, 4) is 34.5 Å². The molecule has 0 radical (unpaired) electrons. The maximum Gasteiger partial charge on any atom is 0.246 e. The van der Waals surface area contributed by atoms with Crippen LogP contribution in [0.4, 0.5) is 5.82 Å². The molecular weight excluding hydrogens is 470 g/mol. The number of carbonyl (C=O) groups excluding carboxylic acids is 1. The van der Waals surface area contributed by atoms with Crippen molar-refractivity contribution in [2.75, 3.05) is 33.0 Å². The summed E-state index contributed by atoms with van der Waals surface area (Å²) < 4.78 is 14.4. The molecule has 10 nitrogen and oxygen atoms in total. The highest BCUT2D eigenvalue weighted by Gasteiger charge is 2.30. The molecule has 1 saturated heterocycles. The number of nitrogens with two attached hydrogens (primary N) is 1. The number of carbonyl (C=O) groups is 1. The number of hydrogen-bond acceptors (Lipinski definition) is 7. The Balaban J connectivity index is 1.68. The number of nitrogen functional groups attached to an aromatic ring is 1. The Kier molecular flexibility index (Phi) is 6.27. The lowest BCUT2D eigenvalue weighted by molar-refractivity contribution is -0.125. The molecule has 0 aliphatic carbocycles. The van der Waals surface area contributed by atoms with Crippen LogP contribution in [0.25, 0.3) is 22.0 Å². The lowest BCUT2D eigenvalue weighted by Crippen LogP contribution is -2.27. The zero-order valence-corrected chi connectivity index (χ0v) is 20.9. The van der Waals surface area contributed by atoms with Crippen molar-refractivity contribution < 1.29 is 14.3 Å². The molecule has 3 aromatic heterocycles. The van der Waals surface area contributed by atoms with E-state index in [1.807, 2.05) is 30.1 Å². The third-order valence-corrected chi connectivity index (χ3v) is 6.44. The fourth-order valence-corrected chi connectivity index (χ4v) is 4.60. The monoisotopic (exact) mass is 497 g/mol. The number of benzene rings is 1. The highest BCUT2D eigenvalue weighted by Crippen LogP contribution is 2.36. The Bertz CT molecular complexity index is 1550. The van der Waals surface area contributed by atoms with E-state index in [2.05, 4.69) is 28.5 Å². The van der Waals surface area contributed by atoms with Crippen LogP contribution in [0.3, 0.4) is 0 Å². The number of hydrogen-bond donors (Lipinski definition) is 1. The van der Waals surface area contributed by atoms with Crippen LogP contribution in [0.5, 0.6) is 11.5 Å². The van der Waals surface area contributed by atoms with Gasteiger partial charge in [0.25, 0.3) is 0 Å². The predicted molar refractivity (Wildman–Crippen MR) is 140 cm³/mol. The van der Waals surface area contributed by atoms with E-state index in [9.17, 15) is 4.79 Å². The molecule has 37 heavy (non-hydrogen) atoms. The van der Waals surface area contributed by atoms with Crippen molar-refractivity contribution in [2.45, 2.75) is 12.5 Å². The summed E-state index contributed by atoms with van der Waals surface area (Å²) in [5, 5.41) is 9.90. The van der Waals surface area contributed by atoms with Gasteiger partial charge in [-0.05, 0) is 30.6 Å². The number of rotatable bonds is 5. The zero-order chi connectivity index (χ0) is 26.1. The number of fused-ring (bicyclic) bond motifs is 1. The molecule has 0 saturated carbocycles. The van der Waals surface area contributed by atoms with Crippen LogP contribution >= 0.6 is 0 Å². The summed E-state index contributed by atoms with van der Waals surface area (Å²) >= 11 is 0. The molecule has 1 aliphatic heterocycles. The van der Waals surface area contributed by atoms with Gasteiger partial charge in [-0.3, -0.25) is 14.2 Å². The van der Waals surface area contributed by atoms with Crippen molar-refractivity contribution in [2.24, 2.45) is 7.05 Å². The number of aromatic nitrogens is 5. The Morgan fingerprint density at radius 2 is 1.95 bits per heavy atom. The molecule has 0 unspecified atom stereocenters. The highest BCUT2D eigenvalue weighted by molar-refractivity contribution is 6.02. The molecule has 4 aromatic rings. The molecule has 1 aliphatic rings. The molecule has 188 valence electrons. The number of amides is 1.